The summed E-state index contributed by atoms with van der Waals surface area (Å²) in [4.78, 5) is 24.3. The zero-order valence-electron chi connectivity index (χ0n) is 8.55. The highest BCUT2D eigenvalue weighted by atomic mass is 16.2. The fourth-order valence-electron chi connectivity index (χ4n) is 1.36. The van der Waals surface area contributed by atoms with E-state index in [-0.39, 0.29) is 17.9 Å². The molecule has 4 nitrogen and oxygen atoms in total. The Hall–Kier alpha value is -1.06. The molecule has 0 aromatic heterocycles. The van der Waals surface area contributed by atoms with Crippen LogP contribution in [0.2, 0.25) is 0 Å². The second-order valence-electron chi connectivity index (χ2n) is 4.43. The highest BCUT2D eigenvalue weighted by Crippen LogP contribution is 2.19. The van der Waals surface area contributed by atoms with Crippen LogP contribution < -0.4 is 5.32 Å². The van der Waals surface area contributed by atoms with Crippen molar-refractivity contribution in [2.24, 2.45) is 5.92 Å². The third kappa shape index (κ3) is 1.82. The number of imide groups is 1. The maximum atomic E-state index is 11.6. The van der Waals surface area contributed by atoms with Crippen LogP contribution >= 0.6 is 0 Å². The van der Waals surface area contributed by atoms with Crippen molar-refractivity contribution in [3.8, 4) is 0 Å². The fraction of sp³-hybridized carbons (Fsp3) is 0.778. The van der Waals surface area contributed by atoms with Gasteiger partial charge in [-0.1, -0.05) is 6.92 Å². The van der Waals surface area contributed by atoms with E-state index in [0.717, 1.165) is 0 Å². The minimum atomic E-state index is -0.435. The number of carbonyl (C=O) groups is 2. The van der Waals surface area contributed by atoms with Gasteiger partial charge < -0.3 is 5.32 Å². The Bertz CT molecular complexity index is 242. The summed E-state index contributed by atoms with van der Waals surface area (Å²) in [7, 11) is 0. The van der Waals surface area contributed by atoms with Gasteiger partial charge in [-0.3, -0.25) is 9.69 Å². The van der Waals surface area contributed by atoms with Gasteiger partial charge in [0.05, 0.1) is 5.92 Å². The second-order valence-corrected chi connectivity index (χ2v) is 4.43. The lowest BCUT2D eigenvalue weighted by Gasteiger charge is -2.38. The van der Waals surface area contributed by atoms with Crippen molar-refractivity contribution >= 4 is 11.9 Å². The first-order chi connectivity index (χ1) is 5.84. The third-order valence-corrected chi connectivity index (χ3v) is 2.08. The lowest BCUT2D eigenvalue weighted by molar-refractivity contribution is -0.137. The Morgan fingerprint density at radius 3 is 2.31 bits per heavy atom. The molecular formula is C9H16N2O2. The molecule has 0 aromatic rings. The van der Waals surface area contributed by atoms with Crippen molar-refractivity contribution in [2.75, 3.05) is 6.54 Å². The van der Waals surface area contributed by atoms with Gasteiger partial charge in [0, 0.05) is 12.1 Å². The zero-order valence-corrected chi connectivity index (χ0v) is 8.55. The van der Waals surface area contributed by atoms with Crippen molar-refractivity contribution < 1.29 is 9.59 Å². The van der Waals surface area contributed by atoms with Crippen LogP contribution in [-0.4, -0.2) is 28.9 Å². The molecule has 3 amide bonds. The molecule has 0 bridgehead atoms. The molecule has 0 aromatic carbocycles. The summed E-state index contributed by atoms with van der Waals surface area (Å²) >= 11 is 0. The van der Waals surface area contributed by atoms with E-state index in [4.69, 9.17) is 0 Å². The average molecular weight is 184 g/mol. The van der Waals surface area contributed by atoms with E-state index in [0.29, 0.717) is 6.54 Å². The van der Waals surface area contributed by atoms with Crippen LogP contribution in [0.15, 0.2) is 0 Å². The summed E-state index contributed by atoms with van der Waals surface area (Å²) in [5, 5.41) is 2.68. The summed E-state index contributed by atoms with van der Waals surface area (Å²) in [5.74, 6) is -0.201. The molecule has 1 unspecified atom stereocenters. The van der Waals surface area contributed by atoms with Gasteiger partial charge >= 0.3 is 6.03 Å². The second kappa shape index (κ2) is 3.01. The summed E-state index contributed by atoms with van der Waals surface area (Å²) < 4.78 is 0. The van der Waals surface area contributed by atoms with Gasteiger partial charge in [-0.15, -0.1) is 0 Å². The lowest BCUT2D eigenvalue weighted by Crippen LogP contribution is -2.60. The summed E-state index contributed by atoms with van der Waals surface area (Å²) in [5.41, 5.74) is -0.435. The van der Waals surface area contributed by atoms with Crippen LogP contribution in [0, 0.1) is 5.92 Å². The van der Waals surface area contributed by atoms with Crippen LogP contribution in [0.4, 0.5) is 4.79 Å². The first-order valence-corrected chi connectivity index (χ1v) is 4.46. The molecule has 4 heteroatoms. The molecule has 0 radical (unpaired) electrons. The topological polar surface area (TPSA) is 49.4 Å². The van der Waals surface area contributed by atoms with E-state index in [2.05, 4.69) is 5.32 Å². The monoisotopic (exact) mass is 184 g/mol. The molecule has 0 aliphatic carbocycles. The first kappa shape index (κ1) is 10.0. The molecule has 1 atom stereocenters. The minimum Gasteiger partial charge on any atom is -0.337 e. The fourth-order valence-corrected chi connectivity index (χ4v) is 1.36. The average Bonchev–Trinajstić information content (AvgIpc) is 1.95. The largest absolute Gasteiger partial charge is 0.337 e. The molecule has 0 saturated carbocycles. The number of hydrogen-bond acceptors (Lipinski definition) is 2. The molecule has 13 heavy (non-hydrogen) atoms. The molecule has 1 saturated heterocycles. The van der Waals surface area contributed by atoms with E-state index >= 15 is 0 Å². The van der Waals surface area contributed by atoms with Gasteiger partial charge in [0.15, 0.2) is 0 Å². The van der Waals surface area contributed by atoms with Crippen molar-refractivity contribution in [3.63, 3.8) is 0 Å². The molecule has 1 aliphatic rings. The predicted octanol–water partition coefficient (Wildman–Crippen LogP) is 0.973. The number of urea groups is 1. The van der Waals surface area contributed by atoms with Crippen LogP contribution in [0.25, 0.3) is 0 Å². The third-order valence-electron chi connectivity index (χ3n) is 2.08. The molecular weight excluding hydrogens is 168 g/mol. The first-order valence-electron chi connectivity index (χ1n) is 4.46. The van der Waals surface area contributed by atoms with Crippen LogP contribution in [0.1, 0.15) is 27.7 Å². The van der Waals surface area contributed by atoms with Gasteiger partial charge in [-0.25, -0.2) is 4.79 Å². The van der Waals surface area contributed by atoms with Crippen molar-refractivity contribution in [1.82, 2.24) is 10.2 Å². The Labute approximate surface area is 78.3 Å². The van der Waals surface area contributed by atoms with E-state index in [9.17, 15) is 9.59 Å². The van der Waals surface area contributed by atoms with Crippen molar-refractivity contribution in [3.05, 3.63) is 0 Å². The quantitative estimate of drug-likeness (QED) is 0.610. The minimum absolute atomic E-state index is 0.0868. The molecule has 1 fully saturated rings. The number of nitrogens with one attached hydrogen (secondary N) is 1. The van der Waals surface area contributed by atoms with Crippen molar-refractivity contribution in [2.45, 2.75) is 33.2 Å². The van der Waals surface area contributed by atoms with Crippen LogP contribution in [0.5, 0.6) is 0 Å². The number of amides is 3. The maximum absolute atomic E-state index is 11.6. The predicted molar refractivity (Wildman–Crippen MR) is 49.2 cm³/mol. The van der Waals surface area contributed by atoms with Crippen LogP contribution in [0.3, 0.4) is 0 Å². The number of rotatable bonds is 0. The van der Waals surface area contributed by atoms with E-state index in [1.54, 1.807) is 0 Å². The van der Waals surface area contributed by atoms with Gasteiger partial charge in [0.1, 0.15) is 0 Å². The van der Waals surface area contributed by atoms with E-state index in [1.807, 2.05) is 27.7 Å². The van der Waals surface area contributed by atoms with Gasteiger partial charge in [-0.05, 0) is 20.8 Å². The van der Waals surface area contributed by atoms with Gasteiger partial charge in [0.2, 0.25) is 5.91 Å². The molecule has 0 spiro atoms. The Morgan fingerprint density at radius 2 is 1.92 bits per heavy atom. The van der Waals surface area contributed by atoms with E-state index in [1.165, 1.54) is 4.90 Å². The summed E-state index contributed by atoms with van der Waals surface area (Å²) in [6.45, 7) is 7.82. The van der Waals surface area contributed by atoms with Crippen LogP contribution in [-0.2, 0) is 4.79 Å². The normalized spacial score (nSPS) is 24.6. The standard InChI is InChI=1S/C9H16N2O2/c1-6-5-10-8(13)11(7(6)12)9(2,3)4/h6H,5H2,1-4H3,(H,10,13). The van der Waals surface area contributed by atoms with Gasteiger partial charge in [0.25, 0.3) is 0 Å². The number of nitrogens with zero attached hydrogens (tertiary/aromatic N) is 1. The highest BCUT2D eigenvalue weighted by molar-refractivity contribution is 5.98. The van der Waals surface area contributed by atoms with Gasteiger partial charge in [-0.2, -0.15) is 0 Å². The molecule has 74 valence electrons. The Balaban J connectivity index is 2.91. The number of hydrogen-bond donors (Lipinski definition) is 1. The molecule has 1 aliphatic heterocycles. The SMILES string of the molecule is CC1CNC(=O)N(C(C)(C)C)C1=O. The van der Waals surface area contributed by atoms with Crippen molar-refractivity contribution in [1.29, 1.82) is 0 Å². The molecule has 1 N–H and O–H groups in total. The highest BCUT2D eigenvalue weighted by Gasteiger charge is 2.38. The summed E-state index contributed by atoms with van der Waals surface area (Å²) in [6, 6.07) is -0.282. The smallest absolute Gasteiger partial charge is 0.324 e. The zero-order chi connectivity index (χ0) is 10.2. The van der Waals surface area contributed by atoms with E-state index < -0.39 is 5.54 Å². The molecule has 1 rings (SSSR count). The lowest BCUT2D eigenvalue weighted by atomic mass is 10.0. The maximum Gasteiger partial charge on any atom is 0.324 e. The number of carbonyl (C=O) groups excluding carboxylic acids is 2. The summed E-state index contributed by atoms with van der Waals surface area (Å²) in [6.07, 6.45) is 0. The Kier molecular flexibility index (Phi) is 2.32. The molecule has 1 heterocycles. The Morgan fingerprint density at radius 1 is 1.38 bits per heavy atom.